The summed E-state index contributed by atoms with van der Waals surface area (Å²) in [7, 11) is 0. The molecule has 8 heavy (non-hydrogen) atoms. The maximum atomic E-state index is 9.95. The van der Waals surface area contributed by atoms with E-state index in [4.69, 9.17) is 0 Å². The summed E-state index contributed by atoms with van der Waals surface area (Å²) in [5.74, 6) is 4.19. The first-order valence-electron chi connectivity index (χ1n) is 1.97. The van der Waals surface area contributed by atoms with Gasteiger partial charge < -0.3 is 10.6 Å². The highest BCUT2D eigenvalue weighted by molar-refractivity contribution is 5.65. The van der Waals surface area contributed by atoms with Crippen LogP contribution in [0.15, 0.2) is 10.3 Å². The van der Waals surface area contributed by atoms with E-state index in [0.29, 0.717) is 0 Å². The van der Waals surface area contributed by atoms with Crippen LogP contribution in [0.4, 0.5) is 0 Å². The summed E-state index contributed by atoms with van der Waals surface area (Å²) >= 11 is 0. The lowest BCUT2D eigenvalue weighted by Crippen LogP contribution is -1.97. The molecule has 0 saturated heterocycles. The second kappa shape index (κ2) is 4.04. The van der Waals surface area contributed by atoms with E-state index in [1.54, 1.807) is 0 Å². The molecule has 0 fully saturated rings. The lowest BCUT2D eigenvalue weighted by molar-refractivity contribution is -0.140. The average molecular weight is 117 g/mol. The molecule has 5 nitrogen and oxygen atoms in total. The van der Waals surface area contributed by atoms with Crippen LogP contribution in [0, 0.1) is 0 Å². The van der Waals surface area contributed by atoms with Gasteiger partial charge in [0.05, 0.1) is 0 Å². The fraction of sp³-hybridized carbons (Fsp3) is 0.667. The minimum absolute atomic E-state index is 0.0914. The zero-order valence-corrected chi connectivity index (χ0v) is 4.50. The number of carbonyl (C=O) groups excluding carboxylic acids is 1. The highest BCUT2D eigenvalue weighted by Gasteiger charge is 1.85. The Morgan fingerprint density at radius 2 is 2.50 bits per heavy atom. The molecule has 0 aliphatic rings. The van der Waals surface area contributed by atoms with Gasteiger partial charge in [0.25, 0.3) is 0 Å². The summed E-state index contributed by atoms with van der Waals surface area (Å²) < 4.78 is 4.30. The molecule has 5 heteroatoms. The molecule has 0 unspecified atom stereocenters. The van der Waals surface area contributed by atoms with Crippen molar-refractivity contribution in [2.45, 2.75) is 6.92 Å². The number of rotatable bonds is 2. The van der Waals surface area contributed by atoms with Crippen molar-refractivity contribution in [3.63, 3.8) is 0 Å². The highest BCUT2D eigenvalue weighted by atomic mass is 16.5. The fourth-order valence-electron chi connectivity index (χ4n) is 0.153. The van der Waals surface area contributed by atoms with Crippen LogP contribution in [0.3, 0.4) is 0 Å². The molecule has 0 aromatic carbocycles. The molecule has 0 saturated carbocycles. The predicted octanol–water partition coefficient (Wildman–Crippen LogP) is -0.167. The van der Waals surface area contributed by atoms with E-state index in [1.807, 2.05) is 0 Å². The molecule has 0 rings (SSSR count). The summed E-state index contributed by atoms with van der Waals surface area (Å²) in [5, 5.41) is 6.03. The van der Waals surface area contributed by atoms with Gasteiger partial charge in [-0.05, 0) is 0 Å². The molecule has 0 aliphatic carbocycles. The molecule has 0 heterocycles. The van der Waals surface area contributed by atoms with Gasteiger partial charge in [-0.15, -0.1) is 5.11 Å². The second-order valence-corrected chi connectivity index (χ2v) is 1.02. The fourth-order valence-corrected chi connectivity index (χ4v) is 0.153. The second-order valence-electron chi connectivity index (χ2n) is 1.02. The lowest BCUT2D eigenvalue weighted by atomic mass is 10.8. The van der Waals surface area contributed by atoms with E-state index in [0.717, 1.165) is 0 Å². The molecule has 0 spiro atoms. The SMILES string of the molecule is CC(=O)OCN=NN. The Kier molecular flexibility index (Phi) is 3.47. The number of esters is 1. The van der Waals surface area contributed by atoms with Crippen molar-refractivity contribution in [1.29, 1.82) is 0 Å². The minimum Gasteiger partial charge on any atom is -0.441 e. The van der Waals surface area contributed by atoms with Gasteiger partial charge in [0, 0.05) is 6.92 Å². The van der Waals surface area contributed by atoms with Crippen LogP contribution in [-0.4, -0.2) is 12.7 Å². The monoisotopic (exact) mass is 117 g/mol. The van der Waals surface area contributed by atoms with Crippen LogP contribution in [0.5, 0.6) is 0 Å². The predicted molar refractivity (Wildman–Crippen MR) is 25.7 cm³/mol. The van der Waals surface area contributed by atoms with Crippen molar-refractivity contribution >= 4 is 5.97 Å². The highest BCUT2D eigenvalue weighted by Crippen LogP contribution is 1.75. The van der Waals surface area contributed by atoms with Crippen LogP contribution >= 0.6 is 0 Å². The van der Waals surface area contributed by atoms with Gasteiger partial charge in [0.15, 0.2) is 0 Å². The van der Waals surface area contributed by atoms with E-state index < -0.39 is 5.97 Å². The van der Waals surface area contributed by atoms with Crippen molar-refractivity contribution in [2.24, 2.45) is 16.2 Å². The summed E-state index contributed by atoms with van der Waals surface area (Å²) in [6, 6.07) is 0. The van der Waals surface area contributed by atoms with Crippen molar-refractivity contribution in [2.75, 3.05) is 6.73 Å². The van der Waals surface area contributed by atoms with Gasteiger partial charge in [-0.25, -0.2) is 0 Å². The van der Waals surface area contributed by atoms with Gasteiger partial charge in [0.2, 0.25) is 6.73 Å². The van der Waals surface area contributed by atoms with Gasteiger partial charge >= 0.3 is 5.97 Å². The molecule has 0 aliphatic heterocycles. The Bertz CT molecular complexity index is 101. The third kappa shape index (κ3) is 4.87. The molecule has 0 bridgehead atoms. The van der Waals surface area contributed by atoms with Crippen molar-refractivity contribution in [3.8, 4) is 0 Å². The first-order chi connectivity index (χ1) is 3.77. The van der Waals surface area contributed by atoms with Crippen molar-refractivity contribution in [1.82, 2.24) is 0 Å². The van der Waals surface area contributed by atoms with Crippen LogP contribution < -0.4 is 5.84 Å². The summed E-state index contributed by atoms with van der Waals surface area (Å²) in [6.07, 6.45) is 0. The maximum absolute atomic E-state index is 9.95. The molecule has 2 N–H and O–H groups in total. The van der Waals surface area contributed by atoms with Gasteiger partial charge in [0.1, 0.15) is 0 Å². The van der Waals surface area contributed by atoms with Gasteiger partial charge in [-0.3, -0.25) is 4.79 Å². The van der Waals surface area contributed by atoms with E-state index in [-0.39, 0.29) is 6.73 Å². The average Bonchev–Trinajstić information content (AvgIpc) is 1.66. The Labute approximate surface area is 46.5 Å². The normalized spacial score (nSPS) is 9.62. The Balaban J connectivity index is 3.05. The van der Waals surface area contributed by atoms with Gasteiger partial charge in [-0.1, -0.05) is 5.22 Å². The molecular formula is C3H7N3O2. The number of ether oxygens (including phenoxy) is 1. The number of hydrogen-bond acceptors (Lipinski definition) is 4. The van der Waals surface area contributed by atoms with Crippen LogP contribution in [0.1, 0.15) is 6.92 Å². The Morgan fingerprint density at radius 1 is 1.88 bits per heavy atom. The molecule has 0 amide bonds. The van der Waals surface area contributed by atoms with E-state index in [2.05, 4.69) is 20.9 Å². The third-order valence-electron chi connectivity index (χ3n) is 0.407. The first kappa shape index (κ1) is 6.87. The summed E-state index contributed by atoms with van der Waals surface area (Å²) in [4.78, 5) is 9.95. The largest absolute Gasteiger partial charge is 0.441 e. The van der Waals surface area contributed by atoms with Gasteiger partial charge in [-0.2, -0.15) is 0 Å². The quantitative estimate of drug-likeness (QED) is 0.236. The topological polar surface area (TPSA) is 77.0 Å². The maximum Gasteiger partial charge on any atom is 0.304 e. The molecular weight excluding hydrogens is 110 g/mol. The molecule has 0 radical (unpaired) electrons. The zero-order chi connectivity index (χ0) is 6.41. The van der Waals surface area contributed by atoms with E-state index in [1.165, 1.54) is 6.92 Å². The van der Waals surface area contributed by atoms with Crippen LogP contribution in [-0.2, 0) is 9.53 Å². The smallest absolute Gasteiger partial charge is 0.304 e. The minimum atomic E-state index is -0.391. The lowest BCUT2D eigenvalue weighted by Gasteiger charge is -1.90. The van der Waals surface area contributed by atoms with E-state index >= 15 is 0 Å². The molecule has 0 atom stereocenters. The number of hydrogen-bond donors (Lipinski definition) is 1. The first-order valence-corrected chi connectivity index (χ1v) is 1.97. The molecule has 0 aromatic heterocycles. The molecule has 0 aromatic rings. The number of nitrogens with two attached hydrogens (primary N) is 1. The van der Waals surface area contributed by atoms with Crippen LogP contribution in [0.25, 0.3) is 0 Å². The third-order valence-corrected chi connectivity index (χ3v) is 0.407. The van der Waals surface area contributed by atoms with Crippen LogP contribution in [0.2, 0.25) is 0 Å². The summed E-state index contributed by atoms with van der Waals surface area (Å²) in [6.45, 7) is 1.19. The molecule has 46 valence electrons. The number of nitrogens with zero attached hydrogens (tertiary/aromatic N) is 2. The Hall–Kier alpha value is -1.13. The Morgan fingerprint density at radius 3 is 2.88 bits per heavy atom. The van der Waals surface area contributed by atoms with Crippen molar-refractivity contribution < 1.29 is 9.53 Å². The standard InChI is InChI=1S/C3H7N3O2/c1-3(7)8-2-5-6-4/h2H2,1H3,(H2,4,5). The van der Waals surface area contributed by atoms with Crippen molar-refractivity contribution in [3.05, 3.63) is 0 Å². The summed E-state index contributed by atoms with van der Waals surface area (Å²) in [5.41, 5.74) is 0. The zero-order valence-electron chi connectivity index (χ0n) is 4.50. The number of carbonyl (C=O) groups is 1. The van der Waals surface area contributed by atoms with E-state index in [9.17, 15) is 4.79 Å².